The van der Waals surface area contributed by atoms with Crippen molar-refractivity contribution in [3.05, 3.63) is 60.2 Å². The van der Waals surface area contributed by atoms with E-state index in [0.717, 1.165) is 10.9 Å². The van der Waals surface area contributed by atoms with Crippen molar-refractivity contribution in [2.75, 3.05) is 23.9 Å². The Bertz CT molecular complexity index is 1630. The first kappa shape index (κ1) is 25.7. The zero-order valence-corrected chi connectivity index (χ0v) is 21.6. The van der Waals surface area contributed by atoms with Gasteiger partial charge in [0.15, 0.2) is 5.82 Å². The SMILES string of the molecule is CC(C)(C)OC(=O)n1ncc2cc(C#Cc3ccnc(-c4ccnc(NCCS(C)(=O)=O)n4)n3)ccc21. The average molecular weight is 520 g/mol. The standard InChI is InChI=1S/C25H25N7O4S/c1-25(2,3)36-24(33)32-21-8-6-17(15-18(21)16-29-32)5-7-19-9-11-26-22(30-19)20-10-12-27-23(31-20)28-13-14-37(4,34)35/h6,8-12,15-16H,13-14H2,1-4H3,(H,27,28,31). The Kier molecular flexibility index (Phi) is 7.17. The molecule has 3 aromatic heterocycles. The van der Waals surface area contributed by atoms with Crippen LogP contribution in [0.1, 0.15) is 32.0 Å². The van der Waals surface area contributed by atoms with Crippen molar-refractivity contribution in [3.63, 3.8) is 0 Å². The van der Waals surface area contributed by atoms with Crippen molar-refractivity contribution in [1.29, 1.82) is 0 Å². The largest absolute Gasteiger partial charge is 0.442 e. The summed E-state index contributed by atoms with van der Waals surface area (Å²) in [6, 6.07) is 8.73. The highest BCUT2D eigenvalue weighted by atomic mass is 32.2. The van der Waals surface area contributed by atoms with Crippen molar-refractivity contribution in [2.45, 2.75) is 26.4 Å². The van der Waals surface area contributed by atoms with Crippen molar-refractivity contribution < 1.29 is 17.9 Å². The maximum atomic E-state index is 12.4. The minimum atomic E-state index is -3.10. The number of hydrogen-bond donors (Lipinski definition) is 1. The van der Waals surface area contributed by atoms with Crippen LogP contribution in [0.25, 0.3) is 22.4 Å². The van der Waals surface area contributed by atoms with Crippen LogP contribution in [-0.4, -0.2) is 68.4 Å². The van der Waals surface area contributed by atoms with Crippen LogP contribution in [0.4, 0.5) is 10.7 Å². The van der Waals surface area contributed by atoms with Gasteiger partial charge in [-0.25, -0.2) is 33.1 Å². The Labute approximate surface area is 214 Å². The molecule has 11 nitrogen and oxygen atoms in total. The van der Waals surface area contributed by atoms with E-state index in [0.29, 0.717) is 22.7 Å². The summed E-state index contributed by atoms with van der Waals surface area (Å²) in [6.45, 7) is 5.58. The lowest BCUT2D eigenvalue weighted by molar-refractivity contribution is 0.0522. The summed E-state index contributed by atoms with van der Waals surface area (Å²) >= 11 is 0. The number of fused-ring (bicyclic) bond motifs is 1. The molecule has 0 bridgehead atoms. The second kappa shape index (κ2) is 10.3. The van der Waals surface area contributed by atoms with Gasteiger partial charge in [0.1, 0.15) is 26.8 Å². The van der Waals surface area contributed by atoms with E-state index in [1.54, 1.807) is 63.6 Å². The molecule has 0 aliphatic rings. The molecule has 12 heteroatoms. The number of carbonyl (C=O) groups excluding carboxylic acids is 1. The zero-order valence-electron chi connectivity index (χ0n) is 20.8. The van der Waals surface area contributed by atoms with E-state index in [1.807, 2.05) is 6.07 Å². The summed E-state index contributed by atoms with van der Waals surface area (Å²) in [7, 11) is -3.10. The summed E-state index contributed by atoms with van der Waals surface area (Å²) in [6.07, 6.45) is 5.33. The Balaban J connectivity index is 1.51. The van der Waals surface area contributed by atoms with E-state index < -0.39 is 21.5 Å². The molecule has 0 atom stereocenters. The van der Waals surface area contributed by atoms with Gasteiger partial charge in [-0.2, -0.15) is 9.78 Å². The summed E-state index contributed by atoms with van der Waals surface area (Å²) < 4.78 is 29.2. The third-order valence-electron chi connectivity index (χ3n) is 4.77. The van der Waals surface area contributed by atoms with Crippen LogP contribution in [0.5, 0.6) is 0 Å². The van der Waals surface area contributed by atoms with Crippen molar-refractivity contribution in [1.82, 2.24) is 29.7 Å². The van der Waals surface area contributed by atoms with Gasteiger partial charge in [0.2, 0.25) is 5.95 Å². The minimum absolute atomic E-state index is 0.0320. The third kappa shape index (κ3) is 7.08. The molecule has 1 N–H and O–H groups in total. The number of anilines is 1. The Morgan fingerprint density at radius 3 is 2.62 bits per heavy atom. The van der Waals surface area contributed by atoms with Gasteiger partial charge in [-0.05, 0) is 57.0 Å². The number of nitrogens with zero attached hydrogens (tertiary/aromatic N) is 6. The van der Waals surface area contributed by atoms with Crippen molar-refractivity contribution in [3.8, 4) is 23.4 Å². The first-order chi connectivity index (χ1) is 17.5. The minimum Gasteiger partial charge on any atom is -0.442 e. The van der Waals surface area contributed by atoms with Crippen LogP contribution in [0.15, 0.2) is 48.9 Å². The molecule has 0 saturated heterocycles. The van der Waals surface area contributed by atoms with Gasteiger partial charge in [-0.15, -0.1) is 0 Å². The topological polar surface area (TPSA) is 142 Å². The normalized spacial score (nSPS) is 11.6. The number of ether oxygens (including phenoxy) is 1. The highest BCUT2D eigenvalue weighted by Crippen LogP contribution is 2.18. The molecule has 3 heterocycles. The van der Waals surface area contributed by atoms with E-state index in [9.17, 15) is 13.2 Å². The van der Waals surface area contributed by atoms with E-state index in [2.05, 4.69) is 42.2 Å². The molecule has 4 aromatic rings. The van der Waals surface area contributed by atoms with Crippen LogP contribution in [0.3, 0.4) is 0 Å². The monoisotopic (exact) mass is 519 g/mol. The Morgan fingerprint density at radius 1 is 1.08 bits per heavy atom. The van der Waals surface area contributed by atoms with E-state index in [1.165, 1.54) is 10.9 Å². The van der Waals surface area contributed by atoms with Gasteiger partial charge in [-0.1, -0.05) is 5.92 Å². The second-order valence-corrected chi connectivity index (χ2v) is 11.4. The lowest BCUT2D eigenvalue weighted by Gasteiger charge is -2.19. The molecule has 0 aliphatic heterocycles. The van der Waals surface area contributed by atoms with E-state index in [4.69, 9.17) is 4.74 Å². The maximum Gasteiger partial charge on any atom is 0.435 e. The summed E-state index contributed by atoms with van der Waals surface area (Å²) in [5.74, 6) is 6.69. The molecule has 0 spiro atoms. The fourth-order valence-corrected chi connectivity index (χ4v) is 3.64. The predicted octanol–water partition coefficient (Wildman–Crippen LogP) is 2.92. The molecule has 0 aliphatic carbocycles. The zero-order chi connectivity index (χ0) is 26.6. The van der Waals surface area contributed by atoms with Crippen LogP contribution < -0.4 is 5.32 Å². The van der Waals surface area contributed by atoms with Gasteiger partial charge in [0.25, 0.3) is 0 Å². The Hall–Kier alpha value is -4.37. The van der Waals surface area contributed by atoms with Gasteiger partial charge in [-0.3, -0.25) is 0 Å². The molecule has 0 radical (unpaired) electrons. The van der Waals surface area contributed by atoms with Crippen LogP contribution in [0.2, 0.25) is 0 Å². The van der Waals surface area contributed by atoms with Gasteiger partial charge >= 0.3 is 6.09 Å². The lowest BCUT2D eigenvalue weighted by Crippen LogP contribution is -2.27. The second-order valence-electron chi connectivity index (χ2n) is 9.15. The van der Waals surface area contributed by atoms with Crippen molar-refractivity contribution in [2.24, 2.45) is 0 Å². The molecular weight excluding hydrogens is 494 g/mol. The van der Waals surface area contributed by atoms with E-state index >= 15 is 0 Å². The predicted molar refractivity (Wildman–Crippen MR) is 139 cm³/mol. The first-order valence-electron chi connectivity index (χ1n) is 11.3. The number of benzene rings is 1. The Morgan fingerprint density at radius 2 is 1.86 bits per heavy atom. The summed E-state index contributed by atoms with van der Waals surface area (Å²) in [5.41, 5.74) is 1.67. The number of rotatable bonds is 5. The van der Waals surface area contributed by atoms with E-state index in [-0.39, 0.29) is 18.2 Å². The highest BCUT2D eigenvalue weighted by Gasteiger charge is 2.20. The molecule has 0 unspecified atom stereocenters. The molecule has 1 aromatic carbocycles. The van der Waals surface area contributed by atoms with Crippen LogP contribution >= 0.6 is 0 Å². The number of hydrogen-bond acceptors (Lipinski definition) is 10. The molecule has 0 amide bonds. The number of carbonyl (C=O) groups is 1. The number of nitrogens with one attached hydrogen (secondary N) is 1. The third-order valence-corrected chi connectivity index (χ3v) is 5.71. The van der Waals surface area contributed by atoms with Gasteiger partial charge < -0.3 is 10.1 Å². The molecule has 0 saturated carbocycles. The first-order valence-corrected chi connectivity index (χ1v) is 13.3. The number of sulfone groups is 1. The molecule has 4 rings (SSSR count). The summed E-state index contributed by atoms with van der Waals surface area (Å²) in [4.78, 5) is 29.6. The molecule has 37 heavy (non-hydrogen) atoms. The van der Waals surface area contributed by atoms with Gasteiger partial charge in [0.05, 0.1) is 17.5 Å². The van der Waals surface area contributed by atoms with Gasteiger partial charge in [0, 0.05) is 36.1 Å². The summed E-state index contributed by atoms with van der Waals surface area (Å²) in [5, 5.41) is 7.78. The highest BCUT2D eigenvalue weighted by molar-refractivity contribution is 7.90. The quantitative estimate of drug-likeness (QED) is 0.391. The van der Waals surface area contributed by atoms with Crippen LogP contribution in [-0.2, 0) is 14.6 Å². The fraction of sp³-hybridized carbons (Fsp3) is 0.280. The maximum absolute atomic E-state index is 12.4. The fourth-order valence-electron chi connectivity index (χ4n) is 3.17. The molecular formula is C25H25N7O4S. The molecule has 190 valence electrons. The smallest absolute Gasteiger partial charge is 0.435 e. The molecule has 0 fully saturated rings. The average Bonchev–Trinajstić information content (AvgIpc) is 3.25. The number of aromatic nitrogens is 6. The van der Waals surface area contributed by atoms with Crippen molar-refractivity contribution >= 4 is 32.8 Å². The van der Waals surface area contributed by atoms with Crippen LogP contribution in [0, 0.1) is 11.8 Å². The lowest BCUT2D eigenvalue weighted by atomic mass is 10.1.